The Hall–Kier alpha value is -3.98. The van der Waals surface area contributed by atoms with Crippen molar-refractivity contribution in [3.05, 3.63) is 76.7 Å². The van der Waals surface area contributed by atoms with Crippen molar-refractivity contribution in [2.45, 2.75) is 27.2 Å². The Balaban J connectivity index is 1.71. The lowest BCUT2D eigenvalue weighted by Crippen LogP contribution is -2.25. The largest absolute Gasteiger partial charge is 0.497 e. The lowest BCUT2D eigenvalue weighted by Gasteiger charge is -2.24. The maximum absolute atomic E-state index is 13.8. The van der Waals surface area contributed by atoms with E-state index in [4.69, 9.17) is 9.47 Å². The number of hydrogen-bond donors (Lipinski definition) is 1. The van der Waals surface area contributed by atoms with Crippen molar-refractivity contribution >= 4 is 39.6 Å². The first-order valence-corrected chi connectivity index (χ1v) is 11.9. The SMILES string of the molecule is CCc1cc(OC)cc(N(C(=O)c2cnc(Nc3cc(C)nc(C)n3)s2)c2ccc(OC)cc2)c1. The average Bonchev–Trinajstić information content (AvgIpc) is 3.32. The minimum atomic E-state index is -0.203. The molecule has 4 rings (SSSR count). The van der Waals surface area contributed by atoms with Crippen LogP contribution >= 0.6 is 11.3 Å². The minimum absolute atomic E-state index is 0.203. The van der Waals surface area contributed by atoms with Gasteiger partial charge in [-0.15, -0.1) is 0 Å². The van der Waals surface area contributed by atoms with E-state index in [-0.39, 0.29) is 5.91 Å². The molecule has 2 aromatic carbocycles. The predicted molar refractivity (Wildman–Crippen MR) is 139 cm³/mol. The second-order valence-electron chi connectivity index (χ2n) is 7.83. The molecule has 1 amide bonds. The Labute approximate surface area is 208 Å². The number of anilines is 4. The van der Waals surface area contributed by atoms with Crippen molar-refractivity contribution < 1.29 is 14.3 Å². The number of nitrogens with zero attached hydrogens (tertiary/aromatic N) is 4. The highest BCUT2D eigenvalue weighted by molar-refractivity contribution is 7.17. The van der Waals surface area contributed by atoms with Gasteiger partial charge in [0.25, 0.3) is 5.91 Å². The third-order valence-corrected chi connectivity index (χ3v) is 6.21. The summed E-state index contributed by atoms with van der Waals surface area (Å²) in [7, 11) is 3.23. The first-order chi connectivity index (χ1) is 16.9. The Bertz CT molecular complexity index is 1290. The summed E-state index contributed by atoms with van der Waals surface area (Å²) >= 11 is 1.26. The van der Waals surface area contributed by atoms with Gasteiger partial charge >= 0.3 is 0 Å². The van der Waals surface area contributed by atoms with Crippen LogP contribution in [0.4, 0.5) is 22.3 Å². The molecule has 0 radical (unpaired) electrons. The average molecular weight is 490 g/mol. The van der Waals surface area contributed by atoms with Crippen LogP contribution in [0.1, 0.15) is 33.7 Å². The summed E-state index contributed by atoms with van der Waals surface area (Å²) in [5.74, 6) is 2.49. The Morgan fingerprint density at radius 1 is 0.971 bits per heavy atom. The Morgan fingerprint density at radius 2 is 1.71 bits per heavy atom. The topological polar surface area (TPSA) is 89.5 Å². The molecule has 0 spiro atoms. The molecule has 0 fully saturated rings. The summed E-state index contributed by atoms with van der Waals surface area (Å²) < 4.78 is 10.8. The molecule has 4 aromatic rings. The van der Waals surface area contributed by atoms with E-state index in [1.165, 1.54) is 11.3 Å². The van der Waals surface area contributed by atoms with Crippen LogP contribution in [0.25, 0.3) is 0 Å². The summed E-state index contributed by atoms with van der Waals surface area (Å²) in [5, 5.41) is 3.75. The molecule has 0 bridgehead atoms. The first kappa shape index (κ1) is 24.2. The van der Waals surface area contributed by atoms with Gasteiger partial charge in [0, 0.05) is 23.5 Å². The van der Waals surface area contributed by atoms with Crippen molar-refractivity contribution in [3.8, 4) is 11.5 Å². The van der Waals surface area contributed by atoms with Gasteiger partial charge in [0.05, 0.1) is 26.1 Å². The fraction of sp³-hybridized carbons (Fsp3) is 0.231. The number of carbonyl (C=O) groups is 1. The van der Waals surface area contributed by atoms with Crippen molar-refractivity contribution in [2.24, 2.45) is 0 Å². The van der Waals surface area contributed by atoms with Gasteiger partial charge in [-0.2, -0.15) is 0 Å². The van der Waals surface area contributed by atoms with Crippen LogP contribution in [-0.2, 0) is 6.42 Å². The van der Waals surface area contributed by atoms with Gasteiger partial charge in [0.2, 0.25) is 0 Å². The highest BCUT2D eigenvalue weighted by atomic mass is 32.1. The summed E-state index contributed by atoms with van der Waals surface area (Å²) in [6.45, 7) is 5.80. The molecule has 0 aliphatic carbocycles. The van der Waals surface area contributed by atoms with Gasteiger partial charge in [-0.05, 0) is 62.2 Å². The van der Waals surface area contributed by atoms with Gasteiger partial charge in [-0.3, -0.25) is 9.69 Å². The molecule has 9 heteroatoms. The zero-order valence-electron chi connectivity index (χ0n) is 20.3. The van der Waals surface area contributed by atoms with Crippen LogP contribution in [0.15, 0.2) is 54.7 Å². The molecule has 35 heavy (non-hydrogen) atoms. The smallest absolute Gasteiger partial charge is 0.274 e. The number of rotatable bonds is 8. The third-order valence-electron chi connectivity index (χ3n) is 5.30. The normalized spacial score (nSPS) is 10.7. The van der Waals surface area contributed by atoms with Gasteiger partial charge < -0.3 is 14.8 Å². The number of nitrogens with one attached hydrogen (secondary N) is 1. The van der Waals surface area contributed by atoms with E-state index in [1.54, 1.807) is 25.3 Å². The summed E-state index contributed by atoms with van der Waals surface area (Å²) in [4.78, 5) is 29.1. The zero-order valence-corrected chi connectivity index (χ0v) is 21.1. The van der Waals surface area contributed by atoms with Crippen LogP contribution in [-0.4, -0.2) is 35.1 Å². The van der Waals surface area contributed by atoms with Crippen molar-refractivity contribution in [3.63, 3.8) is 0 Å². The predicted octanol–water partition coefficient (Wildman–Crippen LogP) is 5.85. The number of thiazole rings is 1. The molecule has 8 nitrogen and oxygen atoms in total. The van der Waals surface area contributed by atoms with Crippen LogP contribution < -0.4 is 19.7 Å². The highest BCUT2D eigenvalue weighted by Gasteiger charge is 2.23. The molecule has 0 saturated heterocycles. The lowest BCUT2D eigenvalue weighted by molar-refractivity contribution is 0.100. The number of carbonyl (C=O) groups excluding carboxylic acids is 1. The molecule has 2 aromatic heterocycles. The van der Waals surface area contributed by atoms with Crippen molar-refractivity contribution in [2.75, 3.05) is 24.4 Å². The number of methoxy groups -OCH3 is 2. The van der Waals surface area contributed by atoms with Crippen LogP contribution in [0.2, 0.25) is 0 Å². The van der Waals surface area contributed by atoms with E-state index in [2.05, 4.69) is 27.2 Å². The fourth-order valence-corrected chi connectivity index (χ4v) is 4.39. The standard InChI is InChI=1S/C26H27N5O3S/c1-6-18-12-20(14-22(13-18)34-5)31(19-7-9-21(33-4)10-8-19)25(32)23-15-27-26(35-23)30-24-11-16(2)28-17(3)29-24/h7-15H,6H2,1-5H3,(H,27,28,29,30). The maximum Gasteiger partial charge on any atom is 0.274 e. The number of aryl methyl sites for hydroxylation is 3. The van der Waals surface area contributed by atoms with Crippen LogP contribution in [0.3, 0.4) is 0 Å². The highest BCUT2D eigenvalue weighted by Crippen LogP contribution is 2.34. The number of benzene rings is 2. The molecule has 1 N–H and O–H groups in total. The molecule has 0 saturated carbocycles. The van der Waals surface area contributed by atoms with Crippen molar-refractivity contribution in [1.82, 2.24) is 15.0 Å². The zero-order chi connectivity index (χ0) is 24.9. The number of hydrogen-bond acceptors (Lipinski definition) is 8. The van der Waals surface area contributed by atoms with E-state index < -0.39 is 0 Å². The second kappa shape index (κ2) is 10.5. The van der Waals surface area contributed by atoms with E-state index in [9.17, 15) is 4.79 Å². The van der Waals surface area contributed by atoms with Crippen LogP contribution in [0, 0.1) is 13.8 Å². The molecular formula is C26H27N5O3S. The van der Waals surface area contributed by atoms with E-state index >= 15 is 0 Å². The third kappa shape index (κ3) is 5.58. The van der Waals surface area contributed by atoms with E-state index in [0.717, 1.165) is 17.7 Å². The minimum Gasteiger partial charge on any atom is -0.497 e. The molecule has 0 unspecified atom stereocenters. The second-order valence-corrected chi connectivity index (χ2v) is 8.86. The van der Waals surface area contributed by atoms with Gasteiger partial charge in [0.15, 0.2) is 5.13 Å². The van der Waals surface area contributed by atoms with E-state index in [1.807, 2.05) is 62.4 Å². The number of amides is 1. The number of aromatic nitrogens is 3. The van der Waals surface area contributed by atoms with Gasteiger partial charge in [0.1, 0.15) is 28.0 Å². The molecule has 0 atom stereocenters. The Morgan fingerprint density at radius 3 is 2.37 bits per heavy atom. The molecular weight excluding hydrogens is 462 g/mol. The van der Waals surface area contributed by atoms with Crippen molar-refractivity contribution in [1.29, 1.82) is 0 Å². The number of ether oxygens (including phenoxy) is 2. The fourth-order valence-electron chi connectivity index (χ4n) is 3.64. The lowest BCUT2D eigenvalue weighted by atomic mass is 10.1. The summed E-state index contributed by atoms with van der Waals surface area (Å²) in [6.07, 6.45) is 2.38. The monoisotopic (exact) mass is 489 g/mol. The summed E-state index contributed by atoms with van der Waals surface area (Å²) in [6, 6.07) is 15.0. The Kier molecular flexibility index (Phi) is 7.26. The van der Waals surface area contributed by atoms with Gasteiger partial charge in [-0.1, -0.05) is 18.3 Å². The van der Waals surface area contributed by atoms with Crippen LogP contribution in [0.5, 0.6) is 11.5 Å². The van der Waals surface area contributed by atoms with E-state index in [0.29, 0.717) is 44.5 Å². The summed E-state index contributed by atoms with van der Waals surface area (Å²) in [5.41, 5.74) is 3.33. The van der Waals surface area contributed by atoms with Gasteiger partial charge in [-0.25, -0.2) is 15.0 Å². The quantitative estimate of drug-likeness (QED) is 0.332. The molecule has 180 valence electrons. The maximum atomic E-state index is 13.8. The molecule has 0 aliphatic heterocycles. The molecule has 0 aliphatic rings. The first-order valence-electron chi connectivity index (χ1n) is 11.1. The molecule has 2 heterocycles.